The summed E-state index contributed by atoms with van der Waals surface area (Å²) in [4.78, 5) is 25.3. The molecule has 2 fully saturated rings. The van der Waals surface area contributed by atoms with Gasteiger partial charge in [0.25, 0.3) is 0 Å². The first-order valence-electron chi connectivity index (χ1n) is 8.98. The first-order valence-corrected chi connectivity index (χ1v) is 8.98. The predicted molar refractivity (Wildman–Crippen MR) is 97.0 cm³/mol. The van der Waals surface area contributed by atoms with Crippen LogP contribution in [0.25, 0.3) is 0 Å². The van der Waals surface area contributed by atoms with E-state index in [1.165, 1.54) is 0 Å². The van der Waals surface area contributed by atoms with Gasteiger partial charge in [0, 0.05) is 46.4 Å². The lowest BCUT2D eigenvalue weighted by molar-refractivity contribution is -0.00491. The summed E-state index contributed by atoms with van der Waals surface area (Å²) in [7, 11) is 1.74. The monoisotopic (exact) mass is 348 g/mol. The number of hydrogen-bond donors (Lipinski definition) is 2. The molecule has 0 spiro atoms. The van der Waals surface area contributed by atoms with Gasteiger partial charge in [-0.15, -0.1) is 0 Å². The summed E-state index contributed by atoms with van der Waals surface area (Å²) in [5, 5.41) is 6.21. The zero-order valence-electron chi connectivity index (χ0n) is 15.1. The number of likely N-dealkylation sites (tertiary alicyclic amines) is 1. The Bertz CT molecular complexity index is 575. The van der Waals surface area contributed by atoms with Gasteiger partial charge in [-0.2, -0.15) is 0 Å². The van der Waals surface area contributed by atoms with Crippen molar-refractivity contribution in [1.82, 2.24) is 20.2 Å². The molecule has 2 aliphatic rings. The second-order valence-corrected chi connectivity index (χ2v) is 6.93. The molecule has 138 valence electrons. The van der Waals surface area contributed by atoms with Crippen molar-refractivity contribution in [3.8, 4) is 0 Å². The van der Waals surface area contributed by atoms with E-state index >= 15 is 0 Å². The van der Waals surface area contributed by atoms with Gasteiger partial charge in [-0.3, -0.25) is 0 Å². The quantitative estimate of drug-likeness (QED) is 0.857. The minimum Gasteiger partial charge on any atom is -0.378 e. The van der Waals surface area contributed by atoms with E-state index < -0.39 is 0 Å². The standard InChI is InChI=1S/C17H28N6O2/c1-17(25-2)4-3-8-23(9-5-17)16(24)21-14-12-19-15(20-13-14)22-10-6-18-7-11-22/h12-13,18H,3-11H2,1-2H3,(H,21,24). The highest BCUT2D eigenvalue weighted by atomic mass is 16.5. The first kappa shape index (κ1) is 17.9. The van der Waals surface area contributed by atoms with Crippen LogP contribution in [0.5, 0.6) is 0 Å². The van der Waals surface area contributed by atoms with Crippen LogP contribution in [-0.4, -0.2) is 72.9 Å². The molecule has 1 aromatic rings. The molecule has 3 rings (SSSR count). The van der Waals surface area contributed by atoms with Crippen molar-refractivity contribution in [2.75, 3.05) is 56.6 Å². The lowest BCUT2D eigenvalue weighted by Crippen LogP contribution is -2.44. The van der Waals surface area contributed by atoms with Crippen LogP contribution in [0.3, 0.4) is 0 Å². The van der Waals surface area contributed by atoms with Crippen LogP contribution in [0.4, 0.5) is 16.4 Å². The summed E-state index contributed by atoms with van der Waals surface area (Å²) in [6.45, 7) is 7.22. The molecule has 1 unspecified atom stereocenters. The topological polar surface area (TPSA) is 82.6 Å². The third kappa shape index (κ3) is 4.58. The summed E-state index contributed by atoms with van der Waals surface area (Å²) >= 11 is 0. The van der Waals surface area contributed by atoms with Crippen molar-refractivity contribution in [2.24, 2.45) is 0 Å². The van der Waals surface area contributed by atoms with Crippen LogP contribution in [0.15, 0.2) is 12.4 Å². The van der Waals surface area contributed by atoms with Crippen LogP contribution in [-0.2, 0) is 4.74 Å². The molecule has 2 saturated heterocycles. The number of nitrogens with one attached hydrogen (secondary N) is 2. The Morgan fingerprint density at radius 1 is 1.20 bits per heavy atom. The molecule has 2 aliphatic heterocycles. The van der Waals surface area contributed by atoms with Gasteiger partial charge >= 0.3 is 6.03 Å². The molecule has 1 aromatic heterocycles. The van der Waals surface area contributed by atoms with E-state index in [9.17, 15) is 4.79 Å². The van der Waals surface area contributed by atoms with Crippen LogP contribution < -0.4 is 15.5 Å². The lowest BCUT2D eigenvalue weighted by Gasteiger charge is -2.27. The number of carbonyl (C=O) groups is 1. The van der Waals surface area contributed by atoms with Gasteiger partial charge in [0.05, 0.1) is 23.7 Å². The van der Waals surface area contributed by atoms with Crippen molar-refractivity contribution < 1.29 is 9.53 Å². The summed E-state index contributed by atoms with van der Waals surface area (Å²) in [6.07, 6.45) is 6.11. The van der Waals surface area contributed by atoms with Crippen LogP contribution in [0.1, 0.15) is 26.2 Å². The van der Waals surface area contributed by atoms with Crippen LogP contribution >= 0.6 is 0 Å². The maximum Gasteiger partial charge on any atom is 0.321 e. The van der Waals surface area contributed by atoms with Gasteiger partial charge in [0.2, 0.25) is 5.95 Å². The molecular formula is C17H28N6O2. The molecule has 8 nitrogen and oxygen atoms in total. The zero-order valence-corrected chi connectivity index (χ0v) is 15.1. The second kappa shape index (κ2) is 7.97. The molecule has 8 heteroatoms. The molecule has 0 bridgehead atoms. The molecule has 2 amide bonds. The average Bonchev–Trinajstić information content (AvgIpc) is 2.85. The van der Waals surface area contributed by atoms with Gasteiger partial charge < -0.3 is 25.2 Å². The predicted octanol–water partition coefficient (Wildman–Crippen LogP) is 1.31. The summed E-state index contributed by atoms with van der Waals surface area (Å²) < 4.78 is 5.59. The minimum absolute atomic E-state index is 0.0983. The van der Waals surface area contributed by atoms with Gasteiger partial charge in [-0.05, 0) is 26.2 Å². The normalized spacial score (nSPS) is 24.7. The molecule has 25 heavy (non-hydrogen) atoms. The number of aromatic nitrogens is 2. The zero-order chi connectivity index (χ0) is 17.7. The van der Waals surface area contributed by atoms with Crippen molar-refractivity contribution in [1.29, 1.82) is 0 Å². The van der Waals surface area contributed by atoms with Gasteiger partial charge in [0.15, 0.2) is 0 Å². The van der Waals surface area contributed by atoms with Crippen molar-refractivity contribution in [3.63, 3.8) is 0 Å². The third-order valence-electron chi connectivity index (χ3n) is 5.11. The number of urea groups is 1. The van der Waals surface area contributed by atoms with E-state index in [0.717, 1.165) is 52.0 Å². The van der Waals surface area contributed by atoms with Crippen LogP contribution in [0, 0.1) is 0 Å². The van der Waals surface area contributed by atoms with E-state index in [1.807, 2.05) is 4.90 Å². The van der Waals surface area contributed by atoms with E-state index in [1.54, 1.807) is 19.5 Å². The van der Waals surface area contributed by atoms with E-state index in [2.05, 4.69) is 32.4 Å². The fourth-order valence-corrected chi connectivity index (χ4v) is 3.28. The van der Waals surface area contributed by atoms with E-state index in [-0.39, 0.29) is 11.6 Å². The molecule has 0 aromatic carbocycles. The molecule has 0 saturated carbocycles. The smallest absolute Gasteiger partial charge is 0.321 e. The first-order chi connectivity index (χ1) is 12.1. The largest absolute Gasteiger partial charge is 0.378 e. The maximum absolute atomic E-state index is 12.5. The molecule has 3 heterocycles. The summed E-state index contributed by atoms with van der Waals surface area (Å²) in [6, 6.07) is -0.0983. The third-order valence-corrected chi connectivity index (χ3v) is 5.11. The van der Waals surface area contributed by atoms with Crippen LogP contribution in [0.2, 0.25) is 0 Å². The average molecular weight is 348 g/mol. The summed E-state index contributed by atoms with van der Waals surface area (Å²) in [5.41, 5.74) is 0.492. The Kier molecular flexibility index (Phi) is 5.70. The number of hydrogen-bond acceptors (Lipinski definition) is 6. The van der Waals surface area contributed by atoms with Gasteiger partial charge in [-0.25, -0.2) is 14.8 Å². The SMILES string of the molecule is COC1(C)CCCN(C(=O)Nc2cnc(N3CCNCC3)nc2)CC1. The highest BCUT2D eigenvalue weighted by Gasteiger charge is 2.29. The molecule has 1 atom stereocenters. The molecule has 2 N–H and O–H groups in total. The number of carbonyl (C=O) groups excluding carboxylic acids is 1. The Morgan fingerprint density at radius 3 is 2.60 bits per heavy atom. The number of ether oxygens (including phenoxy) is 1. The van der Waals surface area contributed by atoms with Crippen molar-refractivity contribution >= 4 is 17.7 Å². The highest BCUT2D eigenvalue weighted by molar-refractivity contribution is 5.89. The fourth-order valence-electron chi connectivity index (χ4n) is 3.28. The molecule has 0 radical (unpaired) electrons. The van der Waals surface area contributed by atoms with E-state index in [0.29, 0.717) is 18.2 Å². The number of piperazine rings is 1. The highest BCUT2D eigenvalue weighted by Crippen LogP contribution is 2.25. The molecule has 0 aliphatic carbocycles. The lowest BCUT2D eigenvalue weighted by atomic mass is 9.97. The number of rotatable bonds is 3. The van der Waals surface area contributed by atoms with Gasteiger partial charge in [-0.1, -0.05) is 0 Å². The number of amides is 2. The molecular weight excluding hydrogens is 320 g/mol. The Labute approximate surface area is 148 Å². The van der Waals surface area contributed by atoms with Crippen molar-refractivity contribution in [2.45, 2.75) is 31.8 Å². The Balaban J connectivity index is 1.55. The fraction of sp³-hybridized carbons (Fsp3) is 0.706. The number of methoxy groups -OCH3 is 1. The second-order valence-electron chi connectivity index (χ2n) is 6.93. The number of nitrogens with zero attached hydrogens (tertiary/aromatic N) is 4. The van der Waals surface area contributed by atoms with Crippen molar-refractivity contribution in [3.05, 3.63) is 12.4 Å². The minimum atomic E-state index is -0.136. The Hall–Kier alpha value is -1.93. The number of anilines is 2. The Morgan fingerprint density at radius 2 is 1.92 bits per heavy atom. The van der Waals surface area contributed by atoms with Gasteiger partial charge in [0.1, 0.15) is 0 Å². The maximum atomic E-state index is 12.5. The van der Waals surface area contributed by atoms with E-state index in [4.69, 9.17) is 4.74 Å². The summed E-state index contributed by atoms with van der Waals surface area (Å²) in [5.74, 6) is 0.713.